The van der Waals surface area contributed by atoms with Crippen LogP contribution < -0.4 is 5.43 Å². The van der Waals surface area contributed by atoms with Crippen LogP contribution in [0.15, 0.2) is 29.6 Å². The molecule has 1 aromatic rings. The maximum atomic E-state index is 12.6. The summed E-state index contributed by atoms with van der Waals surface area (Å²) in [4.78, 5) is 3.91. The fourth-order valence-corrected chi connectivity index (χ4v) is 1.41. The zero-order valence-corrected chi connectivity index (χ0v) is 8.28. The Labute approximate surface area is 89.7 Å². The largest absolute Gasteiger partial charge is 0.435 e. The average Bonchev–Trinajstić information content (AvgIpc) is 2.66. The number of allylic oxidation sites excluding steroid dienone is 1. The Kier molecular flexibility index (Phi) is 2.41. The van der Waals surface area contributed by atoms with Crippen molar-refractivity contribution in [3.05, 3.63) is 35.8 Å². The molecule has 0 saturated carbocycles. The number of nitrogens with zero attached hydrogens (tertiary/aromatic N) is 3. The molecule has 0 N–H and O–H groups in total. The Balaban J connectivity index is 2.45. The van der Waals surface area contributed by atoms with E-state index in [0.29, 0.717) is 5.56 Å². The SMILES string of the molecule is Cc1cccnc1C1=C[N]N=C1C(F)(F)F. The second kappa shape index (κ2) is 3.62. The fraction of sp³-hybridized carbons (Fsp3) is 0.200. The van der Waals surface area contributed by atoms with Gasteiger partial charge in [-0.05, 0) is 18.6 Å². The molecule has 2 rings (SSSR count). The number of aromatic nitrogens is 1. The molecule has 1 aliphatic heterocycles. The molecule has 1 radical (unpaired) electrons. The minimum absolute atomic E-state index is 0.0781. The Morgan fingerprint density at radius 2 is 2.00 bits per heavy atom. The van der Waals surface area contributed by atoms with Gasteiger partial charge in [-0.25, -0.2) is 0 Å². The molecule has 83 valence electrons. The first-order chi connectivity index (χ1) is 7.50. The lowest BCUT2D eigenvalue weighted by Crippen LogP contribution is -2.23. The van der Waals surface area contributed by atoms with E-state index < -0.39 is 11.9 Å². The summed E-state index contributed by atoms with van der Waals surface area (Å²) in [5.41, 5.74) is 3.15. The first-order valence-electron chi connectivity index (χ1n) is 4.47. The molecule has 0 unspecified atom stereocenters. The van der Waals surface area contributed by atoms with E-state index in [1.54, 1.807) is 19.1 Å². The molecule has 0 aromatic carbocycles. The van der Waals surface area contributed by atoms with E-state index in [4.69, 9.17) is 0 Å². The molecule has 6 heteroatoms. The molecule has 0 fully saturated rings. The molecular weight excluding hydrogens is 219 g/mol. The van der Waals surface area contributed by atoms with Gasteiger partial charge in [-0.1, -0.05) is 6.07 Å². The summed E-state index contributed by atoms with van der Waals surface area (Å²) in [7, 11) is 0. The van der Waals surface area contributed by atoms with Gasteiger partial charge in [0.25, 0.3) is 0 Å². The first kappa shape index (κ1) is 10.7. The second-order valence-corrected chi connectivity index (χ2v) is 3.27. The lowest BCUT2D eigenvalue weighted by atomic mass is 10.0. The summed E-state index contributed by atoms with van der Waals surface area (Å²) in [6, 6.07) is 3.35. The van der Waals surface area contributed by atoms with Crippen LogP contribution in [-0.4, -0.2) is 16.9 Å². The summed E-state index contributed by atoms with van der Waals surface area (Å²) >= 11 is 0. The smallest absolute Gasteiger partial charge is 0.256 e. The van der Waals surface area contributed by atoms with Crippen molar-refractivity contribution in [2.24, 2.45) is 5.10 Å². The van der Waals surface area contributed by atoms with Crippen LogP contribution in [0.25, 0.3) is 5.57 Å². The number of halogens is 3. The molecule has 2 heterocycles. The molecule has 3 nitrogen and oxygen atoms in total. The molecule has 1 aromatic heterocycles. The molecular formula is C10H7F3N3. The van der Waals surface area contributed by atoms with E-state index in [9.17, 15) is 13.2 Å². The number of alkyl halides is 3. The number of pyridine rings is 1. The van der Waals surface area contributed by atoms with Crippen molar-refractivity contribution in [2.75, 3.05) is 0 Å². The van der Waals surface area contributed by atoms with Crippen molar-refractivity contribution < 1.29 is 13.2 Å². The third kappa shape index (κ3) is 1.78. The highest BCUT2D eigenvalue weighted by molar-refractivity contribution is 6.27. The normalized spacial score (nSPS) is 15.5. The van der Waals surface area contributed by atoms with Crippen LogP contribution >= 0.6 is 0 Å². The van der Waals surface area contributed by atoms with Crippen LogP contribution in [0.3, 0.4) is 0 Å². The highest BCUT2D eigenvalue weighted by Crippen LogP contribution is 2.30. The Morgan fingerprint density at radius 1 is 1.25 bits per heavy atom. The van der Waals surface area contributed by atoms with Crippen LogP contribution in [0.5, 0.6) is 0 Å². The maximum absolute atomic E-state index is 12.6. The average molecular weight is 226 g/mol. The summed E-state index contributed by atoms with van der Waals surface area (Å²) in [5, 5.41) is 3.09. The van der Waals surface area contributed by atoms with Crippen LogP contribution in [0, 0.1) is 6.92 Å². The maximum Gasteiger partial charge on any atom is 0.435 e. The summed E-state index contributed by atoms with van der Waals surface area (Å²) in [5.74, 6) is 0. The van der Waals surface area contributed by atoms with Gasteiger partial charge in [0.05, 0.1) is 17.5 Å². The van der Waals surface area contributed by atoms with Gasteiger partial charge >= 0.3 is 6.18 Å². The topological polar surface area (TPSA) is 39.4 Å². The van der Waals surface area contributed by atoms with E-state index in [1.165, 1.54) is 6.20 Å². The third-order valence-electron chi connectivity index (χ3n) is 2.13. The number of aryl methyl sites for hydroxylation is 1. The second-order valence-electron chi connectivity index (χ2n) is 3.27. The van der Waals surface area contributed by atoms with Gasteiger partial charge in [-0.15, -0.1) is 5.10 Å². The van der Waals surface area contributed by atoms with E-state index in [0.717, 1.165) is 6.20 Å². The van der Waals surface area contributed by atoms with Gasteiger partial charge in [0, 0.05) is 6.20 Å². The predicted molar refractivity (Wildman–Crippen MR) is 52.6 cm³/mol. The summed E-state index contributed by atoms with van der Waals surface area (Å²) < 4.78 is 37.7. The third-order valence-corrected chi connectivity index (χ3v) is 2.13. The Bertz CT molecular complexity index is 474. The van der Waals surface area contributed by atoms with Crippen molar-refractivity contribution in [1.29, 1.82) is 0 Å². The molecule has 0 saturated heterocycles. The molecule has 0 atom stereocenters. The zero-order chi connectivity index (χ0) is 11.8. The minimum atomic E-state index is -4.50. The fourth-order valence-electron chi connectivity index (χ4n) is 1.41. The zero-order valence-electron chi connectivity index (χ0n) is 8.28. The quantitative estimate of drug-likeness (QED) is 0.723. The van der Waals surface area contributed by atoms with Crippen LogP contribution in [0.2, 0.25) is 0 Å². The number of hydrogen-bond donors (Lipinski definition) is 0. The van der Waals surface area contributed by atoms with E-state index in [-0.39, 0.29) is 11.3 Å². The molecule has 1 aliphatic rings. The summed E-state index contributed by atoms with van der Waals surface area (Å²) in [6.07, 6.45) is -1.98. The first-order valence-corrected chi connectivity index (χ1v) is 4.47. The van der Waals surface area contributed by atoms with Crippen molar-refractivity contribution in [3.63, 3.8) is 0 Å². The summed E-state index contributed by atoms with van der Waals surface area (Å²) in [6.45, 7) is 1.69. The molecule has 0 aliphatic carbocycles. The van der Waals surface area contributed by atoms with Gasteiger partial charge < -0.3 is 0 Å². The highest BCUT2D eigenvalue weighted by atomic mass is 19.4. The van der Waals surface area contributed by atoms with E-state index in [1.807, 2.05) is 0 Å². The molecule has 0 bridgehead atoms. The standard InChI is InChI=1S/C10H7F3N3/c1-6-3-2-4-14-8(6)7-5-15-16-9(7)10(11,12)13/h2-5H,1H3. The molecule has 16 heavy (non-hydrogen) atoms. The van der Waals surface area contributed by atoms with Crippen LogP contribution in [-0.2, 0) is 0 Å². The van der Waals surface area contributed by atoms with Gasteiger partial charge in [0.2, 0.25) is 0 Å². The van der Waals surface area contributed by atoms with Gasteiger partial charge in [0.1, 0.15) is 0 Å². The Morgan fingerprint density at radius 3 is 2.62 bits per heavy atom. The number of hydrogen-bond acceptors (Lipinski definition) is 2. The Hall–Kier alpha value is -1.85. The van der Waals surface area contributed by atoms with Crippen LogP contribution in [0.1, 0.15) is 11.3 Å². The van der Waals surface area contributed by atoms with E-state index in [2.05, 4.69) is 15.5 Å². The van der Waals surface area contributed by atoms with Gasteiger partial charge in [-0.3, -0.25) is 4.98 Å². The molecule has 0 amide bonds. The monoisotopic (exact) mass is 226 g/mol. The van der Waals surface area contributed by atoms with Crippen molar-refractivity contribution in [2.45, 2.75) is 13.1 Å². The van der Waals surface area contributed by atoms with Gasteiger partial charge in [0.15, 0.2) is 5.71 Å². The van der Waals surface area contributed by atoms with Crippen molar-refractivity contribution in [3.8, 4) is 0 Å². The minimum Gasteiger partial charge on any atom is -0.256 e. The highest BCUT2D eigenvalue weighted by Gasteiger charge is 2.41. The molecule has 0 spiro atoms. The van der Waals surface area contributed by atoms with Crippen LogP contribution in [0.4, 0.5) is 13.2 Å². The lowest BCUT2D eigenvalue weighted by molar-refractivity contribution is -0.0572. The van der Waals surface area contributed by atoms with Crippen molar-refractivity contribution in [1.82, 2.24) is 10.4 Å². The van der Waals surface area contributed by atoms with Crippen molar-refractivity contribution >= 4 is 11.3 Å². The van der Waals surface area contributed by atoms with E-state index >= 15 is 0 Å². The number of rotatable bonds is 1. The lowest BCUT2D eigenvalue weighted by Gasteiger charge is -2.10. The van der Waals surface area contributed by atoms with Gasteiger partial charge in [-0.2, -0.15) is 18.6 Å². The predicted octanol–water partition coefficient (Wildman–Crippen LogP) is 2.27.